The molecule has 3 rings (SSSR count). The lowest BCUT2D eigenvalue weighted by atomic mass is 9.62. The molecular weight excluding hydrogens is 460 g/mol. The fourth-order valence-corrected chi connectivity index (χ4v) is 6.49. The van der Waals surface area contributed by atoms with Crippen molar-refractivity contribution in [2.45, 2.75) is 76.4 Å². The van der Waals surface area contributed by atoms with Gasteiger partial charge in [-0.2, -0.15) is 0 Å². The molecule has 0 amide bonds. The summed E-state index contributed by atoms with van der Waals surface area (Å²) in [5.74, 6) is -1.10. The van der Waals surface area contributed by atoms with Gasteiger partial charge in [-0.25, -0.2) is 0 Å². The average molecular weight is 495 g/mol. The van der Waals surface area contributed by atoms with Crippen LogP contribution in [0.5, 0.6) is 0 Å². The van der Waals surface area contributed by atoms with Crippen LogP contribution in [-0.2, 0) is 20.7 Å². The predicted molar refractivity (Wildman–Crippen MR) is 132 cm³/mol. The highest BCUT2D eigenvalue weighted by molar-refractivity contribution is 7.16. The molecule has 0 spiro atoms. The van der Waals surface area contributed by atoms with Crippen LogP contribution in [0.3, 0.4) is 0 Å². The van der Waals surface area contributed by atoms with Crippen molar-refractivity contribution in [2.75, 3.05) is 7.11 Å². The maximum absolute atomic E-state index is 12.4. The van der Waals surface area contributed by atoms with Gasteiger partial charge in [-0.1, -0.05) is 42.3 Å². The fourth-order valence-electron chi connectivity index (χ4n) is 5.25. The van der Waals surface area contributed by atoms with Gasteiger partial charge in [0.1, 0.15) is 5.78 Å². The Morgan fingerprint density at radius 1 is 1.33 bits per heavy atom. The van der Waals surface area contributed by atoms with E-state index in [-0.39, 0.29) is 42.0 Å². The average Bonchev–Trinajstić information content (AvgIpc) is 3.27. The third-order valence-electron chi connectivity index (χ3n) is 7.23. The molecule has 7 heteroatoms. The van der Waals surface area contributed by atoms with Gasteiger partial charge < -0.3 is 14.9 Å². The van der Waals surface area contributed by atoms with E-state index in [1.54, 1.807) is 18.4 Å². The molecule has 2 fully saturated rings. The second kappa shape index (κ2) is 12.3. The van der Waals surface area contributed by atoms with Gasteiger partial charge in [0.15, 0.2) is 0 Å². The normalized spacial score (nSPS) is 25.7. The highest BCUT2D eigenvalue weighted by atomic mass is 35.5. The number of allylic oxidation sites excluding steroid dienone is 2. The summed E-state index contributed by atoms with van der Waals surface area (Å²) in [4.78, 5) is 24.3. The number of aliphatic hydroxyl groups excluding tert-OH is 1. The number of ether oxygens (including phenoxy) is 1. The molecule has 1 unspecified atom stereocenters. The lowest BCUT2D eigenvalue weighted by molar-refractivity contribution is -0.137. The lowest BCUT2D eigenvalue weighted by Crippen LogP contribution is -2.44. The molecule has 0 saturated heterocycles. The van der Waals surface area contributed by atoms with Crippen LogP contribution in [0.15, 0.2) is 36.4 Å². The summed E-state index contributed by atoms with van der Waals surface area (Å²) in [5, 5.41) is 19.2. The van der Waals surface area contributed by atoms with Gasteiger partial charge in [0.25, 0.3) is 0 Å². The number of halogens is 1. The number of ketones is 1. The molecule has 1 aromatic rings. The minimum atomic E-state index is -0.792. The third-order valence-corrected chi connectivity index (χ3v) is 8.46. The summed E-state index contributed by atoms with van der Waals surface area (Å²) in [7, 11) is 1.77. The first kappa shape index (κ1) is 26.1. The number of aliphatic carboxylic acids is 1. The largest absolute Gasteiger partial charge is 0.481 e. The van der Waals surface area contributed by atoms with E-state index in [2.05, 4.69) is 12.1 Å². The van der Waals surface area contributed by atoms with Crippen LogP contribution in [0.25, 0.3) is 0 Å². The van der Waals surface area contributed by atoms with E-state index in [4.69, 9.17) is 21.4 Å². The minimum absolute atomic E-state index is 0.0882. The first-order valence-electron chi connectivity index (χ1n) is 11.9. The monoisotopic (exact) mass is 494 g/mol. The number of carboxylic acids is 1. The fraction of sp³-hybridized carbons (Fsp3) is 0.615. The predicted octanol–water partition coefficient (Wildman–Crippen LogP) is 5.84. The number of thiophene rings is 1. The van der Waals surface area contributed by atoms with E-state index >= 15 is 0 Å². The highest BCUT2D eigenvalue weighted by Crippen LogP contribution is 2.49. The Morgan fingerprint density at radius 3 is 2.73 bits per heavy atom. The van der Waals surface area contributed by atoms with Crippen LogP contribution in [0.2, 0.25) is 4.34 Å². The number of unbranched alkanes of at least 4 members (excludes halogenated alkanes) is 1. The number of Topliss-reactive ketones (excluding diaryl/α,β-unsaturated/α-hetero) is 1. The van der Waals surface area contributed by atoms with E-state index in [0.717, 1.165) is 30.0 Å². The van der Waals surface area contributed by atoms with Crippen molar-refractivity contribution in [3.8, 4) is 0 Å². The van der Waals surface area contributed by atoms with Crippen LogP contribution < -0.4 is 0 Å². The van der Waals surface area contributed by atoms with Gasteiger partial charge in [-0.05, 0) is 57.1 Å². The minimum Gasteiger partial charge on any atom is -0.481 e. The number of hydrogen-bond donors (Lipinski definition) is 2. The van der Waals surface area contributed by atoms with E-state index in [1.807, 2.05) is 24.3 Å². The van der Waals surface area contributed by atoms with E-state index in [0.29, 0.717) is 19.3 Å². The molecule has 0 radical (unpaired) electrons. The quantitative estimate of drug-likeness (QED) is 0.265. The first-order chi connectivity index (χ1) is 15.8. The number of carbonyl (C=O) groups is 2. The zero-order chi connectivity index (χ0) is 23.8. The smallest absolute Gasteiger partial charge is 0.303 e. The molecule has 1 heterocycles. The van der Waals surface area contributed by atoms with Crippen molar-refractivity contribution < 1.29 is 24.5 Å². The molecule has 0 bridgehead atoms. The van der Waals surface area contributed by atoms with Crippen molar-refractivity contribution >= 4 is 34.7 Å². The highest BCUT2D eigenvalue weighted by Gasteiger charge is 2.44. The molecule has 33 heavy (non-hydrogen) atoms. The molecular formula is C26H35ClO5S. The molecule has 1 aromatic heterocycles. The second-order valence-electron chi connectivity index (χ2n) is 9.40. The molecule has 182 valence electrons. The zero-order valence-electron chi connectivity index (χ0n) is 19.2. The standard InChI is InChI=1S/C26H35ClO5S/c1-32-23(26(14-7-15-26)17-18-12-13-24(27)33-18)10-6-9-20-19(21(28)16-22(20)29)8-4-2-3-5-11-25(30)31/h2,4,6,9,12-13,19-20,22-23,29H,3,5,7-8,10-11,14-17H2,1H3,(H,30,31)/t19-,20-,22-,23?/m1/s1. The Morgan fingerprint density at radius 2 is 2.12 bits per heavy atom. The molecule has 2 aliphatic carbocycles. The topological polar surface area (TPSA) is 83.8 Å². The summed E-state index contributed by atoms with van der Waals surface area (Å²) in [6.45, 7) is 0. The second-order valence-corrected chi connectivity index (χ2v) is 11.2. The van der Waals surface area contributed by atoms with Crippen LogP contribution in [0, 0.1) is 17.3 Å². The van der Waals surface area contributed by atoms with Gasteiger partial charge in [-0.3, -0.25) is 9.59 Å². The Bertz CT molecular complexity index is 857. The van der Waals surface area contributed by atoms with Crippen molar-refractivity contribution in [1.29, 1.82) is 0 Å². The number of methoxy groups -OCH3 is 1. The van der Waals surface area contributed by atoms with Gasteiger partial charge in [0.05, 0.1) is 16.5 Å². The molecule has 2 N–H and O–H groups in total. The maximum atomic E-state index is 12.4. The number of carbonyl (C=O) groups excluding carboxylic acids is 1. The van der Waals surface area contributed by atoms with E-state index in [9.17, 15) is 14.7 Å². The van der Waals surface area contributed by atoms with E-state index < -0.39 is 12.1 Å². The number of hydrogen-bond acceptors (Lipinski definition) is 5. The maximum Gasteiger partial charge on any atom is 0.303 e. The molecule has 5 nitrogen and oxygen atoms in total. The van der Waals surface area contributed by atoms with E-state index in [1.165, 1.54) is 11.3 Å². The molecule has 2 aliphatic rings. The Kier molecular flexibility index (Phi) is 9.74. The van der Waals surface area contributed by atoms with Crippen molar-refractivity contribution in [1.82, 2.24) is 0 Å². The third kappa shape index (κ3) is 7.01. The summed E-state index contributed by atoms with van der Waals surface area (Å²) in [6, 6.07) is 4.06. The molecule has 4 atom stereocenters. The summed E-state index contributed by atoms with van der Waals surface area (Å²) in [5.41, 5.74) is 0.121. The van der Waals surface area contributed by atoms with Crippen LogP contribution in [-0.4, -0.2) is 41.3 Å². The number of aliphatic hydroxyl groups is 1. The Labute approximate surface area is 205 Å². The Balaban J connectivity index is 1.57. The molecule has 2 saturated carbocycles. The van der Waals surface area contributed by atoms with Gasteiger partial charge >= 0.3 is 5.97 Å². The van der Waals surface area contributed by atoms with Crippen LogP contribution in [0.4, 0.5) is 0 Å². The summed E-state index contributed by atoms with van der Waals surface area (Å²) in [6.07, 6.45) is 14.8. The molecule has 0 aliphatic heterocycles. The Hall–Kier alpha value is -1.47. The SMILES string of the molecule is COC(CC=C[C@H]1[C@H](O)CC(=O)[C@@H]1CC=CCCCC(=O)O)C1(Cc2ccc(Cl)s2)CCC1. The van der Waals surface area contributed by atoms with Crippen molar-refractivity contribution in [2.24, 2.45) is 17.3 Å². The number of carboxylic acid groups (broad SMARTS) is 1. The number of rotatable bonds is 13. The van der Waals surface area contributed by atoms with Crippen molar-refractivity contribution in [3.05, 3.63) is 45.7 Å². The first-order valence-corrected chi connectivity index (χ1v) is 13.1. The van der Waals surface area contributed by atoms with Crippen molar-refractivity contribution in [3.63, 3.8) is 0 Å². The van der Waals surface area contributed by atoms with Crippen LogP contribution in [0.1, 0.15) is 62.7 Å². The zero-order valence-corrected chi connectivity index (χ0v) is 20.8. The lowest BCUT2D eigenvalue weighted by Gasteiger charge is -2.47. The van der Waals surface area contributed by atoms with Gasteiger partial charge in [0, 0.05) is 42.1 Å². The molecule has 0 aromatic carbocycles. The van der Waals surface area contributed by atoms with Gasteiger partial charge in [0.2, 0.25) is 0 Å². The van der Waals surface area contributed by atoms with Crippen LogP contribution >= 0.6 is 22.9 Å². The summed E-state index contributed by atoms with van der Waals surface area (Å²) < 4.78 is 6.75. The summed E-state index contributed by atoms with van der Waals surface area (Å²) >= 11 is 7.77. The van der Waals surface area contributed by atoms with Gasteiger partial charge in [-0.15, -0.1) is 11.3 Å².